The number of hydrogen-bond acceptors (Lipinski definition) is 2. The number of benzene rings is 1. The highest BCUT2D eigenvalue weighted by molar-refractivity contribution is 6.31. The summed E-state index contributed by atoms with van der Waals surface area (Å²) in [7, 11) is 0. The van der Waals surface area contributed by atoms with Gasteiger partial charge in [-0.3, -0.25) is 4.79 Å². The van der Waals surface area contributed by atoms with Gasteiger partial charge in [-0.25, -0.2) is 0 Å². The fourth-order valence-electron chi connectivity index (χ4n) is 2.20. The Labute approximate surface area is 112 Å². The molecule has 0 aromatic heterocycles. The van der Waals surface area contributed by atoms with Crippen LogP contribution in [0.1, 0.15) is 29.3 Å². The van der Waals surface area contributed by atoms with E-state index in [-0.39, 0.29) is 11.9 Å². The van der Waals surface area contributed by atoms with Crippen LogP contribution in [0, 0.1) is 12.8 Å². The molecule has 0 unspecified atom stereocenters. The Kier molecular flexibility index (Phi) is 4.25. The Morgan fingerprint density at radius 3 is 3.00 bits per heavy atom. The van der Waals surface area contributed by atoms with Gasteiger partial charge in [0, 0.05) is 29.2 Å². The highest BCUT2D eigenvalue weighted by Gasteiger charge is 2.24. The number of ether oxygens (including phenoxy) is 1. The van der Waals surface area contributed by atoms with Gasteiger partial charge < -0.3 is 10.1 Å². The van der Waals surface area contributed by atoms with Crippen molar-refractivity contribution in [2.24, 2.45) is 5.92 Å². The number of halogens is 1. The molecule has 0 spiro atoms. The van der Waals surface area contributed by atoms with Crippen molar-refractivity contribution in [3.63, 3.8) is 0 Å². The fraction of sp³-hybridized carbons (Fsp3) is 0.500. The van der Waals surface area contributed by atoms with Crippen LogP contribution in [0.4, 0.5) is 0 Å². The molecule has 98 valence electrons. The first-order chi connectivity index (χ1) is 8.59. The summed E-state index contributed by atoms with van der Waals surface area (Å²) in [6.07, 6.45) is 1.01. The number of carbonyl (C=O) groups excluding carboxylic acids is 1. The SMILES string of the molecule is Cc1c(Cl)cccc1C(=O)N[C@H](C)[C@@H]1CCOC1. The van der Waals surface area contributed by atoms with Crippen LogP contribution in [-0.4, -0.2) is 25.2 Å². The molecule has 1 N–H and O–H groups in total. The molecule has 1 aromatic carbocycles. The third kappa shape index (κ3) is 2.85. The molecule has 0 aliphatic carbocycles. The lowest BCUT2D eigenvalue weighted by Gasteiger charge is -2.20. The number of hydrogen-bond donors (Lipinski definition) is 1. The van der Waals surface area contributed by atoms with Crippen molar-refractivity contribution in [1.82, 2.24) is 5.32 Å². The quantitative estimate of drug-likeness (QED) is 0.915. The summed E-state index contributed by atoms with van der Waals surface area (Å²) in [5.41, 5.74) is 1.47. The zero-order chi connectivity index (χ0) is 13.1. The first kappa shape index (κ1) is 13.4. The molecule has 1 heterocycles. The van der Waals surface area contributed by atoms with Crippen LogP contribution in [-0.2, 0) is 4.74 Å². The number of nitrogens with one attached hydrogen (secondary N) is 1. The summed E-state index contributed by atoms with van der Waals surface area (Å²) < 4.78 is 5.34. The van der Waals surface area contributed by atoms with Gasteiger partial charge in [-0.2, -0.15) is 0 Å². The standard InChI is InChI=1S/C14H18ClNO2/c1-9-12(4-3-5-13(9)15)14(17)16-10(2)11-6-7-18-8-11/h3-5,10-11H,6-8H2,1-2H3,(H,16,17)/t10-,11-/m1/s1. The van der Waals surface area contributed by atoms with Crippen molar-refractivity contribution >= 4 is 17.5 Å². The van der Waals surface area contributed by atoms with E-state index in [2.05, 4.69) is 5.32 Å². The minimum Gasteiger partial charge on any atom is -0.381 e. The zero-order valence-corrected chi connectivity index (χ0v) is 11.5. The monoisotopic (exact) mass is 267 g/mol. The van der Waals surface area contributed by atoms with Gasteiger partial charge >= 0.3 is 0 Å². The molecule has 3 nitrogen and oxygen atoms in total. The normalized spacial score (nSPS) is 20.7. The van der Waals surface area contributed by atoms with Crippen molar-refractivity contribution in [1.29, 1.82) is 0 Å². The summed E-state index contributed by atoms with van der Waals surface area (Å²) in [5, 5.41) is 3.65. The van der Waals surface area contributed by atoms with Gasteiger partial charge in [0.05, 0.1) is 6.61 Å². The molecule has 0 bridgehead atoms. The smallest absolute Gasteiger partial charge is 0.251 e. The van der Waals surface area contributed by atoms with Gasteiger partial charge in [0.15, 0.2) is 0 Å². The van der Waals surface area contributed by atoms with Crippen molar-refractivity contribution < 1.29 is 9.53 Å². The van der Waals surface area contributed by atoms with E-state index in [1.54, 1.807) is 18.2 Å². The molecule has 1 aliphatic rings. The minimum atomic E-state index is -0.0607. The van der Waals surface area contributed by atoms with Crippen LogP contribution in [0.25, 0.3) is 0 Å². The maximum absolute atomic E-state index is 12.2. The van der Waals surface area contributed by atoms with Gasteiger partial charge in [0.1, 0.15) is 0 Å². The van der Waals surface area contributed by atoms with Crippen LogP contribution in [0.2, 0.25) is 5.02 Å². The molecule has 18 heavy (non-hydrogen) atoms. The maximum atomic E-state index is 12.2. The predicted molar refractivity (Wildman–Crippen MR) is 72.0 cm³/mol. The van der Waals surface area contributed by atoms with Gasteiger partial charge in [-0.1, -0.05) is 17.7 Å². The second kappa shape index (κ2) is 5.72. The highest BCUT2D eigenvalue weighted by Crippen LogP contribution is 2.20. The van der Waals surface area contributed by atoms with Crippen LogP contribution in [0.15, 0.2) is 18.2 Å². The van der Waals surface area contributed by atoms with Crippen molar-refractivity contribution in [2.75, 3.05) is 13.2 Å². The Morgan fingerprint density at radius 2 is 2.33 bits per heavy atom. The largest absolute Gasteiger partial charge is 0.381 e. The van der Waals surface area contributed by atoms with E-state index in [0.717, 1.165) is 25.2 Å². The summed E-state index contributed by atoms with van der Waals surface area (Å²) in [6, 6.07) is 5.52. The summed E-state index contributed by atoms with van der Waals surface area (Å²) >= 11 is 6.02. The summed E-state index contributed by atoms with van der Waals surface area (Å²) in [6.45, 7) is 5.41. The van der Waals surface area contributed by atoms with Crippen molar-refractivity contribution in [3.05, 3.63) is 34.3 Å². The maximum Gasteiger partial charge on any atom is 0.251 e. The molecule has 1 amide bonds. The van der Waals surface area contributed by atoms with E-state index < -0.39 is 0 Å². The van der Waals surface area contributed by atoms with Crippen LogP contribution >= 0.6 is 11.6 Å². The summed E-state index contributed by atoms with van der Waals surface area (Å²) in [5.74, 6) is 0.350. The van der Waals surface area contributed by atoms with Gasteiger partial charge in [0.25, 0.3) is 5.91 Å². The summed E-state index contributed by atoms with van der Waals surface area (Å²) in [4.78, 5) is 12.2. The highest BCUT2D eigenvalue weighted by atomic mass is 35.5. The molecule has 2 rings (SSSR count). The van der Waals surface area contributed by atoms with Crippen molar-refractivity contribution in [2.45, 2.75) is 26.3 Å². The Bertz CT molecular complexity index is 441. The molecule has 1 aliphatic heterocycles. The molecular weight excluding hydrogens is 250 g/mol. The number of amides is 1. The van der Waals surface area contributed by atoms with E-state index in [1.807, 2.05) is 13.8 Å². The molecule has 1 fully saturated rings. The van der Waals surface area contributed by atoms with Crippen molar-refractivity contribution in [3.8, 4) is 0 Å². The average molecular weight is 268 g/mol. The van der Waals surface area contributed by atoms with Crippen LogP contribution in [0.5, 0.6) is 0 Å². The predicted octanol–water partition coefficient (Wildman–Crippen LogP) is 2.80. The third-order valence-electron chi connectivity index (χ3n) is 3.54. The molecule has 0 radical (unpaired) electrons. The van der Waals surface area contributed by atoms with Gasteiger partial charge in [-0.15, -0.1) is 0 Å². The van der Waals surface area contributed by atoms with E-state index in [9.17, 15) is 4.79 Å². The second-order valence-corrected chi connectivity index (χ2v) is 5.21. The third-order valence-corrected chi connectivity index (χ3v) is 3.95. The molecule has 0 saturated carbocycles. The first-order valence-corrected chi connectivity index (χ1v) is 6.61. The van der Waals surface area contributed by atoms with E-state index in [1.165, 1.54) is 0 Å². The Hall–Kier alpha value is -1.06. The van der Waals surface area contributed by atoms with Crippen LogP contribution in [0.3, 0.4) is 0 Å². The molecule has 1 aromatic rings. The fourth-order valence-corrected chi connectivity index (χ4v) is 2.38. The molecule has 2 atom stereocenters. The lowest BCUT2D eigenvalue weighted by atomic mass is 10.00. The molecule has 1 saturated heterocycles. The number of rotatable bonds is 3. The Morgan fingerprint density at radius 1 is 1.56 bits per heavy atom. The topological polar surface area (TPSA) is 38.3 Å². The lowest BCUT2D eigenvalue weighted by molar-refractivity contribution is 0.0921. The van der Waals surface area contributed by atoms with Crippen LogP contribution < -0.4 is 5.32 Å². The second-order valence-electron chi connectivity index (χ2n) is 4.80. The van der Waals surface area contributed by atoms with Gasteiger partial charge in [-0.05, 0) is 38.0 Å². The number of carbonyl (C=O) groups is 1. The first-order valence-electron chi connectivity index (χ1n) is 6.23. The molecule has 4 heteroatoms. The van der Waals surface area contributed by atoms with E-state index in [0.29, 0.717) is 16.5 Å². The minimum absolute atomic E-state index is 0.0607. The van der Waals surface area contributed by atoms with E-state index >= 15 is 0 Å². The average Bonchev–Trinajstić information content (AvgIpc) is 2.86. The van der Waals surface area contributed by atoms with Gasteiger partial charge in [0.2, 0.25) is 0 Å². The lowest BCUT2D eigenvalue weighted by Crippen LogP contribution is -2.38. The van der Waals surface area contributed by atoms with E-state index in [4.69, 9.17) is 16.3 Å². The molecular formula is C14H18ClNO2. The zero-order valence-electron chi connectivity index (χ0n) is 10.7. The Balaban J connectivity index is 2.05.